The third kappa shape index (κ3) is 3.70. The zero-order valence-corrected chi connectivity index (χ0v) is 16.2. The van der Waals surface area contributed by atoms with E-state index in [-0.39, 0.29) is 17.0 Å². The first-order chi connectivity index (χ1) is 14.4. The monoisotopic (exact) mass is 403 g/mol. The molecule has 8 heteroatoms. The average molecular weight is 403 g/mol. The average Bonchev–Trinajstić information content (AvgIpc) is 3.16. The van der Waals surface area contributed by atoms with Crippen molar-refractivity contribution >= 4 is 28.4 Å². The summed E-state index contributed by atoms with van der Waals surface area (Å²) in [6.45, 7) is 1.99. The minimum absolute atomic E-state index is 0.0873. The van der Waals surface area contributed by atoms with Crippen LogP contribution in [0.15, 0.2) is 65.1 Å². The van der Waals surface area contributed by atoms with Gasteiger partial charge in [-0.05, 0) is 49.4 Å². The summed E-state index contributed by atoms with van der Waals surface area (Å²) >= 11 is 0. The Morgan fingerprint density at radius 3 is 2.70 bits per heavy atom. The van der Waals surface area contributed by atoms with Crippen molar-refractivity contribution in [3.63, 3.8) is 0 Å². The zero-order chi connectivity index (χ0) is 21.3. The van der Waals surface area contributed by atoms with Gasteiger partial charge >= 0.3 is 5.69 Å². The molecule has 0 aliphatic carbocycles. The number of nitro groups is 1. The van der Waals surface area contributed by atoms with E-state index in [9.17, 15) is 14.9 Å². The number of carbonyl (C=O) groups is 1. The first-order valence-electron chi connectivity index (χ1n) is 9.06. The Morgan fingerprint density at radius 2 is 1.97 bits per heavy atom. The first kappa shape index (κ1) is 19.1. The number of aromatic nitrogens is 1. The van der Waals surface area contributed by atoms with E-state index in [1.54, 1.807) is 18.2 Å². The van der Waals surface area contributed by atoms with Crippen LogP contribution in [0.1, 0.15) is 15.9 Å². The van der Waals surface area contributed by atoms with Crippen molar-refractivity contribution in [2.45, 2.75) is 6.92 Å². The third-order valence-corrected chi connectivity index (χ3v) is 4.55. The molecule has 0 saturated heterocycles. The Morgan fingerprint density at radius 1 is 1.13 bits per heavy atom. The number of nitrogens with one attached hydrogen (secondary N) is 1. The molecule has 3 aromatic carbocycles. The van der Waals surface area contributed by atoms with Crippen molar-refractivity contribution < 1.29 is 18.9 Å². The summed E-state index contributed by atoms with van der Waals surface area (Å²) in [7, 11) is 1.33. The second-order valence-corrected chi connectivity index (χ2v) is 6.67. The Bertz CT molecular complexity index is 1280. The number of benzene rings is 3. The maximum absolute atomic E-state index is 12.6. The summed E-state index contributed by atoms with van der Waals surface area (Å²) in [4.78, 5) is 27.7. The van der Waals surface area contributed by atoms with Crippen LogP contribution in [0.4, 0.5) is 11.4 Å². The number of nitrogens with zero attached hydrogens (tertiary/aromatic N) is 2. The molecule has 4 rings (SSSR count). The molecule has 150 valence electrons. The van der Waals surface area contributed by atoms with E-state index >= 15 is 0 Å². The predicted molar refractivity (Wildman–Crippen MR) is 112 cm³/mol. The Labute approximate surface area is 171 Å². The molecule has 0 spiro atoms. The van der Waals surface area contributed by atoms with Crippen molar-refractivity contribution in [3.8, 4) is 17.2 Å². The van der Waals surface area contributed by atoms with Gasteiger partial charge in [-0.25, -0.2) is 4.98 Å². The van der Waals surface area contributed by atoms with Crippen LogP contribution in [0, 0.1) is 17.0 Å². The molecule has 0 bridgehead atoms. The highest BCUT2D eigenvalue weighted by atomic mass is 16.6. The first-order valence-corrected chi connectivity index (χ1v) is 9.06. The lowest BCUT2D eigenvalue weighted by Gasteiger charge is -2.06. The van der Waals surface area contributed by atoms with E-state index in [4.69, 9.17) is 9.15 Å². The van der Waals surface area contributed by atoms with Gasteiger partial charge in [0, 0.05) is 22.9 Å². The fourth-order valence-corrected chi connectivity index (χ4v) is 3.08. The molecular formula is C22H17N3O5. The second kappa shape index (κ2) is 7.67. The van der Waals surface area contributed by atoms with Crippen molar-refractivity contribution in [2.75, 3.05) is 12.4 Å². The van der Waals surface area contributed by atoms with Crippen molar-refractivity contribution in [1.29, 1.82) is 0 Å². The van der Waals surface area contributed by atoms with Crippen LogP contribution in [0.5, 0.6) is 5.75 Å². The van der Waals surface area contributed by atoms with Crippen LogP contribution in [0.2, 0.25) is 0 Å². The van der Waals surface area contributed by atoms with Crippen molar-refractivity contribution in [3.05, 3.63) is 81.9 Å². The van der Waals surface area contributed by atoms with Gasteiger partial charge in [0.15, 0.2) is 11.3 Å². The van der Waals surface area contributed by atoms with Gasteiger partial charge in [0.1, 0.15) is 5.52 Å². The lowest BCUT2D eigenvalue weighted by molar-refractivity contribution is -0.385. The second-order valence-electron chi connectivity index (χ2n) is 6.67. The number of fused-ring (bicyclic) bond motifs is 1. The van der Waals surface area contributed by atoms with Gasteiger partial charge in [-0.2, -0.15) is 0 Å². The number of hydrogen-bond donors (Lipinski definition) is 1. The Kier molecular flexibility index (Phi) is 4.89. The lowest BCUT2D eigenvalue weighted by Crippen LogP contribution is -2.12. The molecule has 0 unspecified atom stereocenters. The minimum atomic E-state index is -0.593. The maximum atomic E-state index is 12.6. The molecule has 0 aliphatic heterocycles. The number of anilines is 1. The van der Waals surface area contributed by atoms with Crippen LogP contribution in [0.3, 0.4) is 0 Å². The predicted octanol–water partition coefficient (Wildman–Crippen LogP) is 4.97. The molecule has 1 aromatic heterocycles. The SMILES string of the molecule is COc1ccc(C(=O)Nc2ccc3oc(-c4cccc(C)c4)nc3c2)cc1[N+](=O)[O-]. The van der Waals surface area contributed by atoms with E-state index in [2.05, 4.69) is 10.3 Å². The van der Waals surface area contributed by atoms with E-state index in [1.165, 1.54) is 25.3 Å². The van der Waals surface area contributed by atoms with Crippen molar-refractivity contribution in [2.24, 2.45) is 0 Å². The quantitative estimate of drug-likeness (QED) is 0.372. The number of oxazole rings is 1. The molecule has 0 fully saturated rings. The number of rotatable bonds is 5. The molecule has 30 heavy (non-hydrogen) atoms. The van der Waals surface area contributed by atoms with Crippen molar-refractivity contribution in [1.82, 2.24) is 4.98 Å². The third-order valence-electron chi connectivity index (χ3n) is 4.55. The topological polar surface area (TPSA) is 108 Å². The number of aryl methyl sites for hydroxylation is 1. The highest BCUT2D eigenvalue weighted by molar-refractivity contribution is 6.05. The highest BCUT2D eigenvalue weighted by Crippen LogP contribution is 2.29. The molecule has 0 atom stereocenters. The van der Waals surface area contributed by atoms with E-state index in [0.717, 1.165) is 11.1 Å². The molecular weight excluding hydrogens is 386 g/mol. The van der Waals surface area contributed by atoms with Crippen LogP contribution < -0.4 is 10.1 Å². The zero-order valence-electron chi connectivity index (χ0n) is 16.2. The van der Waals surface area contributed by atoms with Crippen LogP contribution >= 0.6 is 0 Å². The number of ether oxygens (including phenoxy) is 1. The molecule has 8 nitrogen and oxygen atoms in total. The normalized spacial score (nSPS) is 10.7. The number of hydrogen-bond acceptors (Lipinski definition) is 6. The maximum Gasteiger partial charge on any atom is 0.311 e. The number of methoxy groups -OCH3 is 1. The van der Waals surface area contributed by atoms with E-state index in [1.807, 2.05) is 31.2 Å². The summed E-state index contributed by atoms with van der Waals surface area (Å²) in [6.07, 6.45) is 0. The van der Waals surface area contributed by atoms with Gasteiger partial charge in [-0.3, -0.25) is 14.9 Å². The molecule has 4 aromatic rings. The standard InChI is InChI=1S/C22H17N3O5/c1-13-4-3-5-15(10-13)22-24-17-12-16(7-9-19(17)30-22)23-21(26)14-6-8-20(29-2)18(11-14)25(27)28/h3-12H,1-2H3,(H,23,26). The fourth-order valence-electron chi connectivity index (χ4n) is 3.08. The fraction of sp³-hybridized carbons (Fsp3) is 0.0909. The van der Waals surface area contributed by atoms with Crippen LogP contribution in [0.25, 0.3) is 22.6 Å². The Balaban J connectivity index is 1.60. The smallest absolute Gasteiger partial charge is 0.311 e. The molecule has 1 N–H and O–H groups in total. The summed E-state index contributed by atoms with van der Waals surface area (Å²) in [5.74, 6) is 0.0923. The van der Waals surface area contributed by atoms with Gasteiger partial charge < -0.3 is 14.5 Å². The summed E-state index contributed by atoms with van der Waals surface area (Å²) in [6, 6.07) is 16.9. The molecule has 0 aliphatic rings. The highest BCUT2D eigenvalue weighted by Gasteiger charge is 2.18. The van der Waals surface area contributed by atoms with Crippen LogP contribution in [-0.2, 0) is 0 Å². The van der Waals surface area contributed by atoms with Gasteiger partial charge in [-0.1, -0.05) is 17.7 Å². The van der Waals surface area contributed by atoms with Gasteiger partial charge in [0.05, 0.1) is 12.0 Å². The lowest BCUT2D eigenvalue weighted by atomic mass is 10.1. The summed E-state index contributed by atoms with van der Waals surface area (Å²) in [5.41, 5.74) is 3.49. The minimum Gasteiger partial charge on any atom is -0.490 e. The molecule has 0 radical (unpaired) electrons. The molecule has 1 heterocycles. The largest absolute Gasteiger partial charge is 0.490 e. The van der Waals surface area contributed by atoms with Gasteiger partial charge in [0.2, 0.25) is 5.89 Å². The number of carbonyl (C=O) groups excluding carboxylic acids is 1. The molecule has 1 amide bonds. The number of nitro benzene ring substituents is 1. The number of amides is 1. The van der Waals surface area contributed by atoms with Crippen LogP contribution in [-0.4, -0.2) is 22.9 Å². The van der Waals surface area contributed by atoms with E-state index < -0.39 is 10.8 Å². The summed E-state index contributed by atoms with van der Waals surface area (Å²) in [5, 5.41) is 13.9. The summed E-state index contributed by atoms with van der Waals surface area (Å²) < 4.78 is 10.8. The Hall–Kier alpha value is -4.20. The van der Waals surface area contributed by atoms with E-state index in [0.29, 0.717) is 22.7 Å². The van der Waals surface area contributed by atoms with Gasteiger partial charge in [-0.15, -0.1) is 0 Å². The van der Waals surface area contributed by atoms with Gasteiger partial charge in [0.25, 0.3) is 5.91 Å². The molecule has 0 saturated carbocycles.